The van der Waals surface area contributed by atoms with Gasteiger partial charge in [0.2, 0.25) is 6.29 Å². The fourth-order valence-corrected chi connectivity index (χ4v) is 1.78. The van der Waals surface area contributed by atoms with Crippen LogP contribution in [-0.4, -0.2) is 32.7 Å². The maximum absolute atomic E-state index is 11.2. The molecule has 0 heterocycles. The second kappa shape index (κ2) is 6.99. The summed E-state index contributed by atoms with van der Waals surface area (Å²) in [6, 6.07) is 5.08. The molecule has 0 aromatic heterocycles. The highest BCUT2D eigenvalue weighted by atomic mass is 16.5. The molecule has 5 heteroatoms. The molecule has 0 spiro atoms. The smallest absolute Gasteiger partial charge is 0.247 e. The van der Waals surface area contributed by atoms with Crippen LogP contribution in [-0.2, 0) is 4.79 Å². The number of carbonyl (C=O) groups excluding carboxylic acids is 1. The van der Waals surface area contributed by atoms with E-state index in [0.717, 1.165) is 6.42 Å². The molecule has 1 atom stereocenters. The van der Waals surface area contributed by atoms with Gasteiger partial charge in [0.05, 0.1) is 14.2 Å². The summed E-state index contributed by atoms with van der Waals surface area (Å²) in [5.41, 5.74) is 4.52. The van der Waals surface area contributed by atoms with Crippen molar-refractivity contribution in [3.63, 3.8) is 0 Å². The average molecular weight is 266 g/mol. The molecule has 1 aromatic rings. The fraction of sp³-hybridized carbons (Fsp3) is 0.500. The van der Waals surface area contributed by atoms with Gasteiger partial charge in [-0.1, -0.05) is 13.3 Å². The first-order valence-electron chi connectivity index (χ1n) is 6.14. The van der Waals surface area contributed by atoms with E-state index in [4.69, 9.17) is 19.9 Å². The standard InChI is InChI=1S/C14H20NO4/c1-4-5-14(9-15,10-16)19-13-7-11(17-2)6-12(8-13)18-3/h6-8H,4-5,9,15H2,1-3H3. The maximum atomic E-state index is 11.2. The highest BCUT2D eigenvalue weighted by molar-refractivity contribution is 5.65. The summed E-state index contributed by atoms with van der Waals surface area (Å²) in [7, 11) is 3.10. The summed E-state index contributed by atoms with van der Waals surface area (Å²) in [6.45, 7) is 2.03. The van der Waals surface area contributed by atoms with Crippen molar-refractivity contribution in [2.75, 3.05) is 20.8 Å². The minimum Gasteiger partial charge on any atom is -0.496 e. The van der Waals surface area contributed by atoms with Crippen molar-refractivity contribution >= 4 is 6.29 Å². The number of nitrogens with two attached hydrogens (primary N) is 1. The number of hydrogen-bond donors (Lipinski definition) is 1. The monoisotopic (exact) mass is 266 g/mol. The lowest BCUT2D eigenvalue weighted by molar-refractivity contribution is 0.132. The van der Waals surface area contributed by atoms with Gasteiger partial charge in [0.25, 0.3) is 0 Å². The predicted molar refractivity (Wildman–Crippen MR) is 72.6 cm³/mol. The Morgan fingerprint density at radius 1 is 1.16 bits per heavy atom. The summed E-state index contributed by atoms with van der Waals surface area (Å²) < 4.78 is 16.0. The van der Waals surface area contributed by atoms with Crippen LogP contribution >= 0.6 is 0 Å². The molecule has 5 nitrogen and oxygen atoms in total. The minimum absolute atomic E-state index is 0.0733. The van der Waals surface area contributed by atoms with E-state index >= 15 is 0 Å². The Hall–Kier alpha value is -1.75. The van der Waals surface area contributed by atoms with E-state index in [9.17, 15) is 4.79 Å². The van der Waals surface area contributed by atoms with Crippen LogP contribution in [0, 0.1) is 0 Å². The van der Waals surface area contributed by atoms with Gasteiger partial charge in [-0.15, -0.1) is 0 Å². The van der Waals surface area contributed by atoms with Crippen LogP contribution in [0.2, 0.25) is 0 Å². The zero-order chi connectivity index (χ0) is 14.3. The van der Waals surface area contributed by atoms with Crippen molar-refractivity contribution in [1.29, 1.82) is 0 Å². The number of rotatable bonds is 8. The van der Waals surface area contributed by atoms with Gasteiger partial charge in [0.1, 0.15) is 17.2 Å². The third-order valence-electron chi connectivity index (χ3n) is 2.81. The highest BCUT2D eigenvalue weighted by Gasteiger charge is 2.31. The van der Waals surface area contributed by atoms with Crippen molar-refractivity contribution in [3.05, 3.63) is 18.2 Å². The van der Waals surface area contributed by atoms with Crippen LogP contribution in [0.3, 0.4) is 0 Å². The lowest BCUT2D eigenvalue weighted by Crippen LogP contribution is -2.45. The van der Waals surface area contributed by atoms with Crippen molar-refractivity contribution in [1.82, 2.24) is 0 Å². The topological polar surface area (TPSA) is 70.8 Å². The molecule has 0 aliphatic carbocycles. The average Bonchev–Trinajstić information content (AvgIpc) is 2.46. The molecule has 19 heavy (non-hydrogen) atoms. The van der Waals surface area contributed by atoms with Gasteiger partial charge in [-0.25, -0.2) is 0 Å². The van der Waals surface area contributed by atoms with Gasteiger partial charge in [0.15, 0.2) is 5.60 Å². The predicted octanol–water partition coefficient (Wildman–Crippen LogP) is 1.69. The number of methoxy groups -OCH3 is 2. The van der Waals surface area contributed by atoms with Crippen LogP contribution in [0.1, 0.15) is 19.8 Å². The number of ether oxygens (including phenoxy) is 3. The van der Waals surface area contributed by atoms with Gasteiger partial charge < -0.3 is 19.9 Å². The third-order valence-corrected chi connectivity index (χ3v) is 2.81. The van der Waals surface area contributed by atoms with Crippen molar-refractivity contribution in [2.24, 2.45) is 5.73 Å². The zero-order valence-corrected chi connectivity index (χ0v) is 11.6. The number of hydrogen-bond acceptors (Lipinski definition) is 5. The van der Waals surface area contributed by atoms with E-state index in [1.807, 2.05) is 13.2 Å². The van der Waals surface area contributed by atoms with Gasteiger partial charge in [0, 0.05) is 24.7 Å². The normalized spacial score (nSPS) is 13.5. The fourth-order valence-electron chi connectivity index (χ4n) is 1.78. The summed E-state index contributed by atoms with van der Waals surface area (Å²) in [5.74, 6) is 1.64. The first-order chi connectivity index (χ1) is 9.12. The molecular weight excluding hydrogens is 246 g/mol. The first kappa shape index (κ1) is 15.3. The molecule has 1 radical (unpaired) electrons. The quantitative estimate of drug-likeness (QED) is 0.775. The van der Waals surface area contributed by atoms with Crippen molar-refractivity contribution in [3.8, 4) is 17.2 Å². The molecule has 0 aliphatic heterocycles. The molecule has 1 unspecified atom stereocenters. The van der Waals surface area contributed by atoms with Gasteiger partial charge in [-0.3, -0.25) is 4.79 Å². The molecule has 1 aromatic carbocycles. The molecule has 2 N–H and O–H groups in total. The molecular formula is C14H20NO4. The summed E-state index contributed by atoms with van der Waals surface area (Å²) in [4.78, 5) is 11.2. The first-order valence-corrected chi connectivity index (χ1v) is 6.14. The highest BCUT2D eigenvalue weighted by Crippen LogP contribution is 2.30. The van der Waals surface area contributed by atoms with Gasteiger partial charge >= 0.3 is 0 Å². The Morgan fingerprint density at radius 2 is 1.68 bits per heavy atom. The Bertz CT molecular complexity index is 400. The minimum atomic E-state index is -1.12. The summed E-state index contributed by atoms with van der Waals surface area (Å²) in [5, 5.41) is 0. The van der Waals surface area contributed by atoms with Crippen LogP contribution < -0.4 is 19.9 Å². The Balaban J connectivity index is 3.04. The van der Waals surface area contributed by atoms with E-state index in [2.05, 4.69) is 0 Å². The molecule has 0 fully saturated rings. The summed E-state index contributed by atoms with van der Waals surface area (Å²) in [6.07, 6.45) is 3.19. The lowest BCUT2D eigenvalue weighted by Gasteiger charge is -2.26. The van der Waals surface area contributed by atoms with Crippen LogP contribution in [0.4, 0.5) is 0 Å². The van der Waals surface area contributed by atoms with E-state index in [1.54, 1.807) is 32.4 Å². The Morgan fingerprint density at radius 3 is 2.05 bits per heavy atom. The van der Waals surface area contributed by atoms with Crippen molar-refractivity contribution < 1.29 is 19.0 Å². The van der Waals surface area contributed by atoms with Gasteiger partial charge in [-0.2, -0.15) is 0 Å². The third kappa shape index (κ3) is 3.86. The molecule has 0 amide bonds. The maximum Gasteiger partial charge on any atom is 0.247 e. The Labute approximate surface area is 113 Å². The van der Waals surface area contributed by atoms with E-state index in [1.165, 1.54) is 0 Å². The van der Waals surface area contributed by atoms with Crippen LogP contribution in [0.25, 0.3) is 0 Å². The zero-order valence-electron chi connectivity index (χ0n) is 11.6. The molecule has 0 saturated carbocycles. The SMILES string of the molecule is CCCC([C]=O)(CN)Oc1cc(OC)cc(OC)c1. The second-order valence-electron chi connectivity index (χ2n) is 4.20. The molecule has 105 valence electrons. The van der Waals surface area contributed by atoms with E-state index < -0.39 is 5.60 Å². The molecule has 1 rings (SSSR count). The van der Waals surface area contributed by atoms with Crippen LogP contribution in [0.15, 0.2) is 18.2 Å². The second-order valence-corrected chi connectivity index (χ2v) is 4.20. The molecule has 0 aliphatic rings. The Kier molecular flexibility index (Phi) is 5.63. The molecule has 0 bridgehead atoms. The van der Waals surface area contributed by atoms with Gasteiger partial charge in [-0.05, 0) is 6.42 Å². The van der Waals surface area contributed by atoms with Crippen LogP contribution in [0.5, 0.6) is 17.2 Å². The largest absolute Gasteiger partial charge is 0.496 e. The van der Waals surface area contributed by atoms with E-state index in [-0.39, 0.29) is 6.54 Å². The number of benzene rings is 1. The molecule has 0 saturated heterocycles. The van der Waals surface area contributed by atoms with E-state index in [0.29, 0.717) is 23.7 Å². The van der Waals surface area contributed by atoms with Crippen molar-refractivity contribution in [2.45, 2.75) is 25.4 Å². The summed E-state index contributed by atoms with van der Waals surface area (Å²) >= 11 is 0. The lowest BCUT2D eigenvalue weighted by atomic mass is 10.00.